The molecule has 1 saturated heterocycles. The summed E-state index contributed by atoms with van der Waals surface area (Å²) in [7, 11) is 0. The van der Waals surface area contributed by atoms with Gasteiger partial charge in [-0.05, 0) is 37.8 Å². The van der Waals surface area contributed by atoms with Crippen LogP contribution in [-0.2, 0) is 4.79 Å². The molecule has 16 heavy (non-hydrogen) atoms. The van der Waals surface area contributed by atoms with Crippen LogP contribution in [0, 0.1) is 11.8 Å². The number of rotatable bonds is 4. The second kappa shape index (κ2) is 6.45. The van der Waals surface area contributed by atoms with Gasteiger partial charge in [-0.25, -0.2) is 0 Å². The first kappa shape index (κ1) is 13.8. The zero-order valence-electron chi connectivity index (χ0n) is 10.00. The van der Waals surface area contributed by atoms with E-state index in [9.17, 15) is 4.79 Å². The molecule has 1 heterocycles. The van der Waals surface area contributed by atoms with E-state index in [1.807, 2.05) is 0 Å². The molecule has 0 bridgehead atoms. The Morgan fingerprint density at radius 3 is 2.75 bits per heavy atom. The van der Waals surface area contributed by atoms with Crippen molar-refractivity contribution in [3.63, 3.8) is 0 Å². The van der Waals surface area contributed by atoms with Gasteiger partial charge in [0.2, 0.25) is 5.91 Å². The van der Waals surface area contributed by atoms with E-state index < -0.39 is 0 Å². The summed E-state index contributed by atoms with van der Waals surface area (Å²) in [5.41, 5.74) is 0. The van der Waals surface area contributed by atoms with Gasteiger partial charge in [-0.2, -0.15) is 0 Å². The van der Waals surface area contributed by atoms with Gasteiger partial charge in [-0.1, -0.05) is 19.8 Å². The molecule has 1 aliphatic carbocycles. The largest absolute Gasteiger partial charge is 0.353 e. The number of hydrogen-bond acceptors (Lipinski definition) is 2. The molecule has 0 aromatic heterocycles. The second-order valence-corrected chi connectivity index (χ2v) is 5.13. The molecule has 2 N–H and O–H groups in total. The standard InChI is InChI=1S/C12H22N2O.ClH/c1-9-8-13-7-6-11(9)14-12(15)5-4-10-2-3-10;/h9-11,13H,2-8H2,1H3,(H,14,15);1H. The van der Waals surface area contributed by atoms with Gasteiger partial charge in [-0.15, -0.1) is 12.4 Å². The third-order valence-corrected chi connectivity index (χ3v) is 3.61. The summed E-state index contributed by atoms with van der Waals surface area (Å²) in [4.78, 5) is 11.7. The Bertz CT molecular complexity index is 231. The van der Waals surface area contributed by atoms with E-state index in [1.54, 1.807) is 0 Å². The van der Waals surface area contributed by atoms with Gasteiger partial charge in [-0.3, -0.25) is 4.79 Å². The van der Waals surface area contributed by atoms with Crippen LogP contribution in [0.25, 0.3) is 0 Å². The van der Waals surface area contributed by atoms with Crippen molar-refractivity contribution in [1.29, 1.82) is 0 Å². The maximum atomic E-state index is 11.7. The molecule has 2 aliphatic rings. The second-order valence-electron chi connectivity index (χ2n) is 5.13. The van der Waals surface area contributed by atoms with Crippen molar-refractivity contribution in [3.8, 4) is 0 Å². The van der Waals surface area contributed by atoms with Crippen molar-refractivity contribution >= 4 is 18.3 Å². The fraction of sp³-hybridized carbons (Fsp3) is 0.917. The average Bonchev–Trinajstić information content (AvgIpc) is 3.02. The highest BCUT2D eigenvalue weighted by Gasteiger charge is 2.25. The van der Waals surface area contributed by atoms with Gasteiger partial charge < -0.3 is 10.6 Å². The van der Waals surface area contributed by atoms with Crippen LogP contribution < -0.4 is 10.6 Å². The molecule has 0 radical (unpaired) electrons. The topological polar surface area (TPSA) is 41.1 Å². The number of hydrogen-bond donors (Lipinski definition) is 2. The van der Waals surface area contributed by atoms with Crippen LogP contribution in [0.1, 0.15) is 39.0 Å². The van der Waals surface area contributed by atoms with Gasteiger partial charge in [0.15, 0.2) is 0 Å². The molecule has 2 atom stereocenters. The fourth-order valence-corrected chi connectivity index (χ4v) is 2.25. The van der Waals surface area contributed by atoms with Crippen molar-refractivity contribution in [1.82, 2.24) is 10.6 Å². The predicted octanol–water partition coefficient (Wildman–Crippen LogP) is 1.71. The summed E-state index contributed by atoms with van der Waals surface area (Å²) in [5, 5.41) is 6.52. The monoisotopic (exact) mass is 246 g/mol. The van der Waals surface area contributed by atoms with Crippen molar-refractivity contribution < 1.29 is 4.79 Å². The summed E-state index contributed by atoms with van der Waals surface area (Å²) < 4.78 is 0. The molecule has 1 amide bonds. The lowest BCUT2D eigenvalue weighted by molar-refractivity contribution is -0.122. The van der Waals surface area contributed by atoms with Crippen LogP contribution >= 0.6 is 12.4 Å². The first-order valence-electron chi connectivity index (χ1n) is 6.26. The molecule has 94 valence electrons. The summed E-state index contributed by atoms with van der Waals surface area (Å²) in [6, 6.07) is 0.401. The van der Waals surface area contributed by atoms with E-state index in [0.29, 0.717) is 12.0 Å². The van der Waals surface area contributed by atoms with Gasteiger partial charge in [0.25, 0.3) is 0 Å². The molecule has 1 saturated carbocycles. The minimum Gasteiger partial charge on any atom is -0.353 e. The zero-order chi connectivity index (χ0) is 10.7. The Labute approximate surface area is 104 Å². The third kappa shape index (κ3) is 4.30. The minimum atomic E-state index is 0. The number of halogens is 1. The lowest BCUT2D eigenvalue weighted by Crippen LogP contribution is -2.48. The van der Waals surface area contributed by atoms with Crippen LogP contribution in [0.15, 0.2) is 0 Å². The van der Waals surface area contributed by atoms with Gasteiger partial charge >= 0.3 is 0 Å². The Morgan fingerprint density at radius 1 is 1.38 bits per heavy atom. The van der Waals surface area contributed by atoms with E-state index in [4.69, 9.17) is 0 Å². The highest BCUT2D eigenvalue weighted by atomic mass is 35.5. The maximum absolute atomic E-state index is 11.7. The van der Waals surface area contributed by atoms with E-state index in [2.05, 4.69) is 17.6 Å². The number of carbonyl (C=O) groups is 1. The zero-order valence-corrected chi connectivity index (χ0v) is 10.8. The lowest BCUT2D eigenvalue weighted by atomic mass is 9.95. The van der Waals surface area contributed by atoms with Gasteiger partial charge in [0.1, 0.15) is 0 Å². The maximum Gasteiger partial charge on any atom is 0.220 e. The van der Waals surface area contributed by atoms with Crippen LogP contribution in [0.4, 0.5) is 0 Å². The summed E-state index contributed by atoms with van der Waals surface area (Å²) >= 11 is 0. The Balaban J connectivity index is 0.00000128. The van der Waals surface area contributed by atoms with Crippen LogP contribution in [0.3, 0.4) is 0 Å². The number of nitrogens with one attached hydrogen (secondary N) is 2. The van der Waals surface area contributed by atoms with E-state index >= 15 is 0 Å². The van der Waals surface area contributed by atoms with Crippen LogP contribution in [0.2, 0.25) is 0 Å². The minimum absolute atomic E-state index is 0. The quantitative estimate of drug-likeness (QED) is 0.793. The highest BCUT2D eigenvalue weighted by molar-refractivity contribution is 5.85. The average molecular weight is 247 g/mol. The molecule has 3 nitrogen and oxygen atoms in total. The molecule has 0 spiro atoms. The SMILES string of the molecule is CC1CNCCC1NC(=O)CCC1CC1.Cl. The Morgan fingerprint density at radius 2 is 2.12 bits per heavy atom. The molecular weight excluding hydrogens is 224 g/mol. The molecule has 2 rings (SSSR count). The molecule has 2 fully saturated rings. The third-order valence-electron chi connectivity index (χ3n) is 3.61. The van der Waals surface area contributed by atoms with Crippen molar-refractivity contribution in [2.45, 2.75) is 45.1 Å². The van der Waals surface area contributed by atoms with Crippen molar-refractivity contribution in [3.05, 3.63) is 0 Å². The molecule has 1 aliphatic heterocycles. The van der Waals surface area contributed by atoms with Crippen LogP contribution in [0.5, 0.6) is 0 Å². The summed E-state index contributed by atoms with van der Waals surface area (Å²) in [5.74, 6) is 1.70. The van der Waals surface area contributed by atoms with E-state index in [0.717, 1.165) is 38.3 Å². The van der Waals surface area contributed by atoms with Gasteiger partial charge in [0.05, 0.1) is 0 Å². The number of carbonyl (C=O) groups excluding carboxylic acids is 1. The van der Waals surface area contributed by atoms with Gasteiger partial charge in [0, 0.05) is 12.5 Å². The molecule has 0 aromatic carbocycles. The van der Waals surface area contributed by atoms with E-state index in [1.165, 1.54) is 12.8 Å². The van der Waals surface area contributed by atoms with E-state index in [-0.39, 0.29) is 18.3 Å². The number of piperidine rings is 1. The molecule has 2 unspecified atom stereocenters. The molecular formula is C12H23ClN2O. The smallest absolute Gasteiger partial charge is 0.220 e. The van der Waals surface area contributed by atoms with Crippen molar-refractivity contribution in [2.75, 3.05) is 13.1 Å². The fourth-order valence-electron chi connectivity index (χ4n) is 2.25. The first-order valence-corrected chi connectivity index (χ1v) is 6.26. The first-order chi connectivity index (χ1) is 7.25. The normalized spacial score (nSPS) is 29.3. The molecule has 0 aromatic rings. The lowest BCUT2D eigenvalue weighted by Gasteiger charge is -2.30. The molecule has 4 heteroatoms. The van der Waals surface area contributed by atoms with Crippen molar-refractivity contribution in [2.24, 2.45) is 11.8 Å². The Kier molecular flexibility index (Phi) is 5.56. The predicted molar refractivity (Wildman–Crippen MR) is 67.8 cm³/mol. The summed E-state index contributed by atoms with van der Waals surface area (Å²) in [6.07, 6.45) is 5.61. The Hall–Kier alpha value is -0.280. The highest BCUT2D eigenvalue weighted by Crippen LogP contribution is 2.33. The number of amides is 1. The summed E-state index contributed by atoms with van der Waals surface area (Å²) in [6.45, 7) is 4.28. The van der Waals surface area contributed by atoms with Crippen LogP contribution in [-0.4, -0.2) is 25.0 Å².